The minimum Gasteiger partial charge on any atom is -0.508 e. The molecule has 0 unspecified atom stereocenters. The van der Waals surface area contributed by atoms with Crippen molar-refractivity contribution >= 4 is 35.2 Å². The van der Waals surface area contributed by atoms with Gasteiger partial charge in [-0.15, -0.1) is 0 Å². The molecule has 3 nitrogen and oxygen atoms in total. The number of carboxylic acids is 1. The first-order valence-corrected chi connectivity index (χ1v) is 9.66. The molecule has 0 atom stereocenters. The number of carbonyl (C=O) groups is 1. The van der Waals surface area contributed by atoms with Crippen LogP contribution in [0.5, 0.6) is 5.75 Å². The van der Waals surface area contributed by atoms with Gasteiger partial charge in [0, 0.05) is 22.0 Å². The first-order chi connectivity index (χ1) is 12.7. The van der Waals surface area contributed by atoms with Crippen LogP contribution in [0.3, 0.4) is 0 Å². The normalized spacial score (nSPS) is 11.2. The molecule has 2 N–H and O–H groups in total. The Bertz CT molecular complexity index is 816. The van der Waals surface area contributed by atoms with E-state index < -0.39 is 5.97 Å². The third-order valence-corrected chi connectivity index (χ3v) is 4.65. The molecule has 0 bridgehead atoms. The number of benzene rings is 2. The van der Waals surface area contributed by atoms with Crippen LogP contribution in [0.1, 0.15) is 62.8 Å². The zero-order chi connectivity index (χ0) is 20.7. The molecule has 27 heavy (non-hydrogen) atoms. The highest BCUT2D eigenvalue weighted by Gasteiger charge is 2.12. The number of aliphatic carboxylic acids is 1. The number of hydrogen-bond donors (Lipinski definition) is 2. The van der Waals surface area contributed by atoms with Gasteiger partial charge in [0.1, 0.15) is 5.75 Å². The fourth-order valence-electron chi connectivity index (χ4n) is 2.57. The molecule has 0 heterocycles. The Morgan fingerprint density at radius 1 is 1.11 bits per heavy atom. The second-order valence-electron chi connectivity index (χ2n) is 6.32. The molecule has 2 rings (SSSR count). The average Bonchev–Trinajstić information content (AvgIpc) is 2.60. The summed E-state index contributed by atoms with van der Waals surface area (Å²) in [6.07, 6.45) is 2.06. The van der Waals surface area contributed by atoms with Crippen LogP contribution in [0.15, 0.2) is 35.9 Å². The van der Waals surface area contributed by atoms with Crippen LogP contribution < -0.4 is 0 Å². The van der Waals surface area contributed by atoms with E-state index in [0.29, 0.717) is 22.0 Å². The highest BCUT2D eigenvalue weighted by Crippen LogP contribution is 2.32. The van der Waals surface area contributed by atoms with Gasteiger partial charge in [-0.1, -0.05) is 63.0 Å². The van der Waals surface area contributed by atoms with Crippen molar-refractivity contribution in [3.05, 3.63) is 68.2 Å². The molecule has 0 aromatic heterocycles. The number of carboxylic acid groups (broad SMARTS) is 1. The Morgan fingerprint density at radius 3 is 2.15 bits per heavy atom. The van der Waals surface area contributed by atoms with Gasteiger partial charge in [0.15, 0.2) is 0 Å². The number of aromatic hydroxyl groups is 1. The Balaban J connectivity index is 0.00000176. The average molecular weight is 409 g/mol. The van der Waals surface area contributed by atoms with Crippen molar-refractivity contribution in [3.8, 4) is 5.75 Å². The third kappa shape index (κ3) is 6.30. The molecule has 0 saturated carbocycles. The van der Waals surface area contributed by atoms with E-state index in [0.717, 1.165) is 16.7 Å². The summed E-state index contributed by atoms with van der Waals surface area (Å²) < 4.78 is 0. The number of phenols is 1. The first kappa shape index (κ1) is 23.1. The van der Waals surface area contributed by atoms with Crippen molar-refractivity contribution in [2.24, 2.45) is 0 Å². The van der Waals surface area contributed by atoms with E-state index >= 15 is 0 Å². The van der Waals surface area contributed by atoms with Crippen LogP contribution >= 0.6 is 23.2 Å². The fraction of sp³-hybridized carbons (Fsp3) is 0.318. The van der Waals surface area contributed by atoms with Crippen LogP contribution in [-0.4, -0.2) is 16.2 Å². The molecular weight excluding hydrogens is 383 g/mol. The summed E-state index contributed by atoms with van der Waals surface area (Å²) in [5.41, 5.74) is 3.50. The van der Waals surface area contributed by atoms with Crippen molar-refractivity contribution in [2.45, 2.75) is 47.0 Å². The molecule has 0 aliphatic heterocycles. The first-order valence-electron chi connectivity index (χ1n) is 8.90. The van der Waals surface area contributed by atoms with Crippen molar-refractivity contribution in [1.29, 1.82) is 0 Å². The maximum absolute atomic E-state index is 10.9. The Kier molecular flexibility index (Phi) is 8.87. The number of halogens is 2. The van der Waals surface area contributed by atoms with Crippen molar-refractivity contribution in [2.75, 3.05) is 0 Å². The Hall–Kier alpha value is -1.97. The largest absolute Gasteiger partial charge is 0.508 e. The van der Waals surface area contributed by atoms with Gasteiger partial charge in [-0.05, 0) is 59.4 Å². The zero-order valence-corrected chi connectivity index (χ0v) is 17.8. The molecule has 2 aromatic carbocycles. The Morgan fingerprint density at radius 2 is 1.67 bits per heavy atom. The quantitative estimate of drug-likeness (QED) is 0.527. The van der Waals surface area contributed by atoms with Crippen LogP contribution in [-0.2, 0) is 11.2 Å². The maximum atomic E-state index is 10.9. The van der Waals surface area contributed by atoms with E-state index in [1.165, 1.54) is 13.0 Å². The highest BCUT2D eigenvalue weighted by atomic mass is 35.5. The lowest BCUT2D eigenvalue weighted by atomic mass is 9.96. The lowest BCUT2D eigenvalue weighted by molar-refractivity contribution is -0.132. The summed E-state index contributed by atoms with van der Waals surface area (Å²) in [6, 6.07) is 8.89. The fourth-order valence-corrected chi connectivity index (χ4v) is 3.20. The van der Waals surface area contributed by atoms with Gasteiger partial charge < -0.3 is 10.2 Å². The van der Waals surface area contributed by atoms with Crippen molar-refractivity contribution in [1.82, 2.24) is 0 Å². The second kappa shape index (κ2) is 10.4. The summed E-state index contributed by atoms with van der Waals surface area (Å²) in [7, 11) is 0. The molecule has 0 aliphatic carbocycles. The van der Waals surface area contributed by atoms with E-state index in [1.54, 1.807) is 18.2 Å². The minimum absolute atomic E-state index is 0.206. The lowest BCUT2D eigenvalue weighted by Gasteiger charge is -2.13. The molecule has 0 fully saturated rings. The van der Waals surface area contributed by atoms with Crippen LogP contribution in [0.2, 0.25) is 10.0 Å². The standard InChI is InChI=1S/C20H20Cl2O3.C2H6/c1-11(2)15-7-13(4-5-19(15)23)8-16-17(21)9-14(10-18(16)22)6-12(3)20(24)25;1-2/h4-7,9-11,23H,8H2,1-3H3,(H,24,25);1-2H3/b12-6+;. The third-order valence-electron chi connectivity index (χ3n) is 3.98. The van der Waals surface area contributed by atoms with Gasteiger partial charge in [0.25, 0.3) is 0 Å². The number of hydrogen-bond acceptors (Lipinski definition) is 2. The van der Waals surface area contributed by atoms with Gasteiger partial charge in [-0.2, -0.15) is 0 Å². The molecule has 2 aromatic rings. The van der Waals surface area contributed by atoms with Crippen LogP contribution in [0.4, 0.5) is 0 Å². The van der Waals surface area contributed by atoms with E-state index in [-0.39, 0.29) is 17.2 Å². The number of rotatable bonds is 5. The predicted molar refractivity (Wildman–Crippen MR) is 114 cm³/mol. The zero-order valence-electron chi connectivity index (χ0n) is 16.3. The Labute approximate surface area is 171 Å². The molecule has 146 valence electrons. The predicted octanol–water partition coefficient (Wildman–Crippen LogP) is 6.93. The summed E-state index contributed by atoms with van der Waals surface area (Å²) in [6.45, 7) is 9.55. The van der Waals surface area contributed by atoms with E-state index in [9.17, 15) is 9.90 Å². The summed E-state index contributed by atoms with van der Waals surface area (Å²) in [5, 5.41) is 19.9. The van der Waals surface area contributed by atoms with Crippen molar-refractivity contribution in [3.63, 3.8) is 0 Å². The van der Waals surface area contributed by atoms with Gasteiger partial charge >= 0.3 is 5.97 Å². The van der Waals surface area contributed by atoms with Crippen LogP contribution in [0.25, 0.3) is 6.08 Å². The summed E-state index contributed by atoms with van der Waals surface area (Å²) in [5.74, 6) is -0.500. The topological polar surface area (TPSA) is 57.5 Å². The highest BCUT2D eigenvalue weighted by molar-refractivity contribution is 6.36. The van der Waals surface area contributed by atoms with Crippen LogP contribution in [0, 0.1) is 0 Å². The lowest BCUT2D eigenvalue weighted by Crippen LogP contribution is -1.97. The second-order valence-corrected chi connectivity index (χ2v) is 7.13. The molecule has 0 amide bonds. The summed E-state index contributed by atoms with van der Waals surface area (Å²) >= 11 is 12.7. The molecule has 5 heteroatoms. The van der Waals surface area contributed by atoms with E-state index in [2.05, 4.69) is 0 Å². The monoisotopic (exact) mass is 408 g/mol. The molecule has 0 spiro atoms. The SMILES string of the molecule is C/C(=C\c1cc(Cl)c(Cc2ccc(O)c(C(C)C)c2)c(Cl)c1)C(=O)O.CC. The van der Waals surface area contributed by atoms with Gasteiger partial charge in [0.05, 0.1) is 0 Å². The molecule has 0 aliphatic rings. The van der Waals surface area contributed by atoms with E-state index in [4.69, 9.17) is 28.3 Å². The maximum Gasteiger partial charge on any atom is 0.331 e. The minimum atomic E-state index is -0.985. The van der Waals surface area contributed by atoms with Gasteiger partial charge in [0.2, 0.25) is 0 Å². The van der Waals surface area contributed by atoms with Gasteiger partial charge in [-0.25, -0.2) is 4.79 Å². The summed E-state index contributed by atoms with van der Waals surface area (Å²) in [4.78, 5) is 10.9. The molecule has 0 saturated heterocycles. The smallest absolute Gasteiger partial charge is 0.331 e. The van der Waals surface area contributed by atoms with E-state index in [1.807, 2.05) is 39.8 Å². The van der Waals surface area contributed by atoms with Crippen molar-refractivity contribution < 1.29 is 15.0 Å². The van der Waals surface area contributed by atoms with Gasteiger partial charge in [-0.3, -0.25) is 0 Å². The number of phenolic OH excluding ortho intramolecular Hbond substituents is 1. The molecule has 0 radical (unpaired) electrons. The molecular formula is C22H26Cl2O3.